The number of alkyl halides is 3. The van der Waals surface area contributed by atoms with E-state index in [-0.39, 0.29) is 9.83 Å². The highest BCUT2D eigenvalue weighted by atomic mass is 32.1. The van der Waals surface area contributed by atoms with Crippen LogP contribution in [0.25, 0.3) is 10.1 Å². The van der Waals surface area contributed by atoms with Crippen molar-refractivity contribution in [1.82, 2.24) is 4.98 Å². The molecule has 0 amide bonds. The maximum absolute atomic E-state index is 13.0. The van der Waals surface area contributed by atoms with Crippen molar-refractivity contribution < 1.29 is 18.1 Å². The Bertz CT molecular complexity index is 1120. The second-order valence-corrected chi connectivity index (χ2v) is 7.95. The Morgan fingerprint density at radius 3 is 2.78 bits per heavy atom. The molecule has 6 nitrogen and oxygen atoms in total. The number of nitro groups is 1. The molecular formula is C16H10F3N3O3S2. The van der Waals surface area contributed by atoms with Gasteiger partial charge < -0.3 is 4.90 Å². The summed E-state index contributed by atoms with van der Waals surface area (Å²) in [5.74, 6) is 0. The molecule has 0 unspecified atom stereocenters. The van der Waals surface area contributed by atoms with E-state index in [1.54, 1.807) is 11.3 Å². The summed E-state index contributed by atoms with van der Waals surface area (Å²) in [5.41, 5.74) is -1.78. The first-order valence-electron chi connectivity index (χ1n) is 7.74. The number of anilines is 1. The summed E-state index contributed by atoms with van der Waals surface area (Å²) in [6, 6.07) is 3.06. The Morgan fingerprint density at radius 1 is 1.30 bits per heavy atom. The number of aromatic nitrogens is 1. The third kappa shape index (κ3) is 3.16. The summed E-state index contributed by atoms with van der Waals surface area (Å²) in [6.45, 7) is 1.08. The van der Waals surface area contributed by atoms with Crippen LogP contribution in [0.4, 0.5) is 24.0 Å². The van der Waals surface area contributed by atoms with E-state index in [0.29, 0.717) is 25.2 Å². The molecule has 140 valence electrons. The van der Waals surface area contributed by atoms with Crippen molar-refractivity contribution in [3.05, 3.63) is 60.1 Å². The third-order valence-electron chi connectivity index (χ3n) is 4.29. The number of rotatable bonds is 2. The molecule has 0 spiro atoms. The summed E-state index contributed by atoms with van der Waals surface area (Å²) in [4.78, 5) is 29.8. The lowest BCUT2D eigenvalue weighted by molar-refractivity contribution is -0.383. The van der Waals surface area contributed by atoms with Gasteiger partial charge in [-0.05, 0) is 29.5 Å². The number of halogens is 3. The summed E-state index contributed by atoms with van der Waals surface area (Å²) >= 11 is 2.51. The number of hydrogen-bond donors (Lipinski definition) is 0. The molecule has 27 heavy (non-hydrogen) atoms. The van der Waals surface area contributed by atoms with Crippen molar-refractivity contribution in [1.29, 1.82) is 0 Å². The minimum Gasteiger partial charge on any atom is -0.343 e. The van der Waals surface area contributed by atoms with Gasteiger partial charge in [-0.25, -0.2) is 0 Å². The fourth-order valence-electron chi connectivity index (χ4n) is 2.99. The van der Waals surface area contributed by atoms with Gasteiger partial charge in [0.25, 0.3) is 11.2 Å². The molecule has 0 saturated heterocycles. The molecule has 11 heteroatoms. The van der Waals surface area contributed by atoms with E-state index in [1.807, 2.05) is 16.3 Å². The van der Waals surface area contributed by atoms with Crippen molar-refractivity contribution in [3.8, 4) is 0 Å². The lowest BCUT2D eigenvalue weighted by atomic mass is 10.1. The van der Waals surface area contributed by atoms with Gasteiger partial charge in [-0.2, -0.15) is 18.2 Å². The van der Waals surface area contributed by atoms with E-state index >= 15 is 0 Å². The maximum Gasteiger partial charge on any atom is 0.416 e. The van der Waals surface area contributed by atoms with Gasteiger partial charge in [0.1, 0.15) is 4.70 Å². The van der Waals surface area contributed by atoms with E-state index < -0.39 is 33.3 Å². The molecule has 3 aromatic rings. The monoisotopic (exact) mass is 413 g/mol. The van der Waals surface area contributed by atoms with Crippen molar-refractivity contribution in [2.75, 3.05) is 11.4 Å². The van der Waals surface area contributed by atoms with E-state index in [0.717, 1.165) is 23.3 Å². The van der Waals surface area contributed by atoms with Crippen LogP contribution in [0, 0.1) is 10.1 Å². The predicted molar refractivity (Wildman–Crippen MR) is 96.6 cm³/mol. The molecule has 1 aliphatic heterocycles. The molecule has 0 aliphatic carbocycles. The lowest BCUT2D eigenvalue weighted by Gasteiger charge is -2.27. The quantitative estimate of drug-likeness (QED) is 0.465. The summed E-state index contributed by atoms with van der Waals surface area (Å²) in [6.07, 6.45) is -4.04. The van der Waals surface area contributed by atoms with Gasteiger partial charge in [0.15, 0.2) is 5.13 Å². The van der Waals surface area contributed by atoms with E-state index in [9.17, 15) is 28.1 Å². The van der Waals surface area contributed by atoms with Crippen LogP contribution in [-0.2, 0) is 19.1 Å². The smallest absolute Gasteiger partial charge is 0.343 e. The van der Waals surface area contributed by atoms with Gasteiger partial charge in [0.2, 0.25) is 0 Å². The van der Waals surface area contributed by atoms with Gasteiger partial charge in [-0.3, -0.25) is 14.9 Å². The topological polar surface area (TPSA) is 76.3 Å². The standard InChI is InChI=1S/C16H10F3N3O3S2/c17-16(18,19)9-5-10-13(11(6-9)22(24)25)27-15(20-14(10)23)21-3-1-12-8(7-21)2-4-26-12/h2,4-6H,1,3,7H2. The lowest BCUT2D eigenvalue weighted by Crippen LogP contribution is -2.30. The van der Waals surface area contributed by atoms with Crippen LogP contribution in [0.15, 0.2) is 28.4 Å². The van der Waals surface area contributed by atoms with E-state index in [4.69, 9.17) is 0 Å². The fraction of sp³-hybridized carbons (Fsp3) is 0.250. The van der Waals surface area contributed by atoms with Crippen molar-refractivity contribution >= 4 is 43.6 Å². The normalized spacial score (nSPS) is 14.4. The van der Waals surface area contributed by atoms with Gasteiger partial charge in [-0.15, -0.1) is 11.3 Å². The van der Waals surface area contributed by atoms with Gasteiger partial charge in [0.05, 0.1) is 15.9 Å². The first kappa shape index (κ1) is 17.9. The molecule has 0 fully saturated rings. The van der Waals surface area contributed by atoms with Crippen molar-refractivity contribution in [2.45, 2.75) is 19.1 Å². The Morgan fingerprint density at radius 2 is 2.07 bits per heavy atom. The van der Waals surface area contributed by atoms with Crippen molar-refractivity contribution in [2.24, 2.45) is 0 Å². The third-order valence-corrected chi connectivity index (χ3v) is 6.48. The average Bonchev–Trinajstić information content (AvgIpc) is 3.07. The minimum absolute atomic E-state index is 0.0980. The highest BCUT2D eigenvalue weighted by molar-refractivity contribution is 7.22. The number of fused-ring (bicyclic) bond motifs is 2. The summed E-state index contributed by atoms with van der Waals surface area (Å²) in [7, 11) is 0. The van der Waals surface area contributed by atoms with Gasteiger partial charge in [0, 0.05) is 24.0 Å². The summed E-state index contributed by atoms with van der Waals surface area (Å²) < 4.78 is 39.0. The highest BCUT2D eigenvalue weighted by Gasteiger charge is 2.34. The first-order valence-corrected chi connectivity index (χ1v) is 9.44. The van der Waals surface area contributed by atoms with E-state index in [2.05, 4.69) is 4.98 Å². The summed E-state index contributed by atoms with van der Waals surface area (Å²) in [5, 5.41) is 13.2. The SMILES string of the molecule is O=c1nc(N2CCc3sccc3C2)sc2c([N+](=O)[O-])cc(C(F)(F)F)cc12. The molecule has 2 aromatic heterocycles. The molecule has 0 N–H and O–H groups in total. The fourth-order valence-corrected chi connectivity index (χ4v) is 4.97. The molecule has 4 rings (SSSR count). The van der Waals surface area contributed by atoms with Gasteiger partial charge in [-0.1, -0.05) is 11.3 Å². The van der Waals surface area contributed by atoms with Crippen molar-refractivity contribution in [3.63, 3.8) is 0 Å². The Hall–Kier alpha value is -2.53. The molecule has 0 atom stereocenters. The Kier molecular flexibility index (Phi) is 4.15. The number of hydrogen-bond acceptors (Lipinski definition) is 7. The van der Waals surface area contributed by atoms with Crippen LogP contribution in [0.1, 0.15) is 16.0 Å². The first-order chi connectivity index (χ1) is 12.7. The molecule has 1 aliphatic rings. The molecule has 0 saturated carbocycles. The number of benzene rings is 1. The Balaban J connectivity index is 1.87. The second-order valence-electron chi connectivity index (χ2n) is 5.97. The molecule has 1 aromatic carbocycles. The predicted octanol–water partition coefficient (Wildman–Crippen LogP) is 4.21. The van der Waals surface area contributed by atoms with Gasteiger partial charge >= 0.3 is 6.18 Å². The van der Waals surface area contributed by atoms with Crippen LogP contribution in [0.2, 0.25) is 0 Å². The zero-order valence-corrected chi connectivity index (χ0v) is 15.1. The number of nitrogens with zero attached hydrogens (tertiary/aromatic N) is 3. The van der Waals surface area contributed by atoms with Crippen LogP contribution < -0.4 is 10.5 Å². The molecule has 0 radical (unpaired) electrons. The number of thiophene rings is 1. The van der Waals surface area contributed by atoms with Crippen LogP contribution >= 0.6 is 22.7 Å². The maximum atomic E-state index is 13.0. The Labute approximate surface area is 157 Å². The zero-order chi connectivity index (χ0) is 19.3. The van der Waals surface area contributed by atoms with Crippen LogP contribution in [0.3, 0.4) is 0 Å². The molecule has 0 bridgehead atoms. The molecular weight excluding hydrogens is 403 g/mol. The minimum atomic E-state index is -4.79. The highest BCUT2D eigenvalue weighted by Crippen LogP contribution is 2.39. The largest absolute Gasteiger partial charge is 0.416 e. The number of non-ortho nitro benzene ring substituents is 1. The number of nitro benzene ring substituents is 1. The zero-order valence-electron chi connectivity index (χ0n) is 13.4. The molecule has 3 heterocycles. The average molecular weight is 413 g/mol. The van der Waals surface area contributed by atoms with E-state index in [1.165, 1.54) is 4.88 Å². The second kappa shape index (κ2) is 6.27. The van der Waals surface area contributed by atoms with Crippen LogP contribution in [0.5, 0.6) is 0 Å². The van der Waals surface area contributed by atoms with Crippen LogP contribution in [-0.4, -0.2) is 16.5 Å².